The van der Waals surface area contributed by atoms with Gasteiger partial charge in [0.1, 0.15) is 12.2 Å². The molecule has 0 saturated carbocycles. The summed E-state index contributed by atoms with van der Waals surface area (Å²) in [6, 6.07) is 0. The zero-order valence-electron chi connectivity index (χ0n) is 10.1. The third-order valence-corrected chi connectivity index (χ3v) is 3.60. The Balaban J connectivity index is 2.23. The van der Waals surface area contributed by atoms with Crippen LogP contribution >= 0.6 is 15.9 Å². The molecular formula is C11H21BrN4. The number of aromatic nitrogens is 3. The van der Waals surface area contributed by atoms with E-state index in [1.807, 2.05) is 4.68 Å². The molecule has 1 aromatic heterocycles. The number of rotatable bonds is 8. The van der Waals surface area contributed by atoms with Crippen LogP contribution in [0.2, 0.25) is 0 Å². The Hall–Kier alpha value is -0.420. The minimum absolute atomic E-state index is 0.619. The van der Waals surface area contributed by atoms with E-state index in [1.54, 1.807) is 6.33 Å². The Morgan fingerprint density at radius 1 is 1.50 bits per heavy atom. The van der Waals surface area contributed by atoms with Gasteiger partial charge in [-0.15, -0.1) is 0 Å². The van der Waals surface area contributed by atoms with Crippen molar-refractivity contribution in [3.05, 3.63) is 12.2 Å². The zero-order valence-corrected chi connectivity index (χ0v) is 11.7. The zero-order chi connectivity index (χ0) is 11.8. The number of alkyl halides is 1. The predicted molar refractivity (Wildman–Crippen MR) is 69.6 cm³/mol. The van der Waals surface area contributed by atoms with Crippen LogP contribution in [0.15, 0.2) is 6.33 Å². The van der Waals surface area contributed by atoms with E-state index in [1.165, 1.54) is 6.42 Å². The summed E-state index contributed by atoms with van der Waals surface area (Å²) in [6.45, 7) is 7.12. The lowest BCUT2D eigenvalue weighted by Crippen LogP contribution is -2.20. The Morgan fingerprint density at radius 3 is 3.00 bits per heavy atom. The molecule has 1 N–H and O–H groups in total. The van der Waals surface area contributed by atoms with Gasteiger partial charge in [0.05, 0.1) is 6.54 Å². The SMILES string of the molecule is CCCn1ncnc1CNCCC(Br)CC. The summed E-state index contributed by atoms with van der Waals surface area (Å²) in [5, 5.41) is 7.59. The van der Waals surface area contributed by atoms with E-state index >= 15 is 0 Å². The summed E-state index contributed by atoms with van der Waals surface area (Å²) >= 11 is 3.62. The molecule has 1 unspecified atom stereocenters. The molecule has 0 amide bonds. The van der Waals surface area contributed by atoms with Crippen LogP contribution in [0.5, 0.6) is 0 Å². The van der Waals surface area contributed by atoms with Gasteiger partial charge < -0.3 is 5.32 Å². The number of hydrogen-bond donors (Lipinski definition) is 1. The summed E-state index contributed by atoms with van der Waals surface area (Å²) in [6.07, 6.45) is 5.05. The summed E-state index contributed by atoms with van der Waals surface area (Å²) in [7, 11) is 0. The highest BCUT2D eigenvalue weighted by atomic mass is 79.9. The number of hydrogen-bond acceptors (Lipinski definition) is 3. The van der Waals surface area contributed by atoms with Gasteiger partial charge >= 0.3 is 0 Å². The highest BCUT2D eigenvalue weighted by Crippen LogP contribution is 2.07. The lowest BCUT2D eigenvalue weighted by atomic mass is 10.2. The van der Waals surface area contributed by atoms with E-state index in [-0.39, 0.29) is 0 Å². The minimum atomic E-state index is 0.619. The fraction of sp³-hybridized carbons (Fsp3) is 0.818. The van der Waals surface area contributed by atoms with Crippen molar-refractivity contribution in [2.24, 2.45) is 0 Å². The van der Waals surface area contributed by atoms with Crippen LogP contribution in [0.1, 0.15) is 38.9 Å². The topological polar surface area (TPSA) is 42.7 Å². The molecule has 1 rings (SSSR count). The van der Waals surface area contributed by atoms with Crippen LogP contribution in [0.25, 0.3) is 0 Å². The first-order chi connectivity index (χ1) is 7.77. The molecular weight excluding hydrogens is 268 g/mol. The maximum absolute atomic E-state index is 4.25. The summed E-state index contributed by atoms with van der Waals surface area (Å²) in [4.78, 5) is 4.87. The standard InChI is InChI=1S/C11H21BrN4/c1-3-7-16-11(14-9-15-16)8-13-6-5-10(12)4-2/h9-10,13H,3-8H2,1-2H3. The molecule has 1 aromatic rings. The number of nitrogens with one attached hydrogen (secondary N) is 1. The van der Waals surface area contributed by atoms with E-state index < -0.39 is 0 Å². The van der Waals surface area contributed by atoms with E-state index in [0.717, 1.165) is 38.3 Å². The first kappa shape index (κ1) is 13.6. The van der Waals surface area contributed by atoms with Crippen molar-refractivity contribution in [2.75, 3.05) is 6.54 Å². The van der Waals surface area contributed by atoms with Gasteiger partial charge in [0.25, 0.3) is 0 Å². The molecule has 0 radical (unpaired) electrons. The molecule has 0 aliphatic rings. The molecule has 0 saturated heterocycles. The quantitative estimate of drug-likeness (QED) is 0.590. The summed E-state index contributed by atoms with van der Waals surface area (Å²) in [5.41, 5.74) is 0. The van der Waals surface area contributed by atoms with Gasteiger partial charge in [0.2, 0.25) is 0 Å². The van der Waals surface area contributed by atoms with E-state index in [9.17, 15) is 0 Å². The molecule has 0 spiro atoms. The fourth-order valence-corrected chi connectivity index (χ4v) is 1.72. The molecule has 0 aliphatic carbocycles. The number of halogens is 1. The van der Waals surface area contributed by atoms with Crippen molar-refractivity contribution in [1.82, 2.24) is 20.1 Å². The molecule has 4 nitrogen and oxygen atoms in total. The fourth-order valence-electron chi connectivity index (χ4n) is 1.49. The van der Waals surface area contributed by atoms with Crippen LogP contribution in [0, 0.1) is 0 Å². The molecule has 0 bridgehead atoms. The normalized spacial score (nSPS) is 12.9. The monoisotopic (exact) mass is 288 g/mol. The lowest BCUT2D eigenvalue weighted by molar-refractivity contribution is 0.536. The lowest BCUT2D eigenvalue weighted by Gasteiger charge is -2.08. The van der Waals surface area contributed by atoms with Gasteiger partial charge in [-0.2, -0.15) is 5.10 Å². The van der Waals surface area contributed by atoms with Crippen LogP contribution in [0.3, 0.4) is 0 Å². The van der Waals surface area contributed by atoms with Gasteiger partial charge in [0.15, 0.2) is 0 Å². The third-order valence-electron chi connectivity index (χ3n) is 2.49. The Kier molecular flexibility index (Phi) is 6.64. The van der Waals surface area contributed by atoms with Gasteiger partial charge in [-0.1, -0.05) is 29.8 Å². The highest BCUT2D eigenvalue weighted by molar-refractivity contribution is 9.09. The first-order valence-corrected chi connectivity index (χ1v) is 6.91. The molecule has 0 fully saturated rings. The van der Waals surface area contributed by atoms with Gasteiger partial charge in [-0.05, 0) is 25.8 Å². The largest absolute Gasteiger partial charge is 0.310 e. The number of nitrogens with zero attached hydrogens (tertiary/aromatic N) is 3. The van der Waals surface area contributed by atoms with Crippen molar-refractivity contribution in [1.29, 1.82) is 0 Å². The number of aryl methyl sites for hydroxylation is 1. The molecule has 92 valence electrons. The van der Waals surface area contributed by atoms with Crippen molar-refractivity contribution in [2.45, 2.75) is 51.0 Å². The Morgan fingerprint density at radius 2 is 2.31 bits per heavy atom. The third kappa shape index (κ3) is 4.61. The van der Waals surface area contributed by atoms with Crippen molar-refractivity contribution < 1.29 is 0 Å². The second-order valence-corrected chi connectivity index (χ2v) is 5.17. The molecule has 0 aliphatic heterocycles. The van der Waals surface area contributed by atoms with Gasteiger partial charge in [-0.25, -0.2) is 9.67 Å². The molecule has 0 aromatic carbocycles. The second-order valence-electron chi connectivity index (χ2n) is 3.87. The average molecular weight is 289 g/mol. The van der Waals surface area contributed by atoms with Crippen molar-refractivity contribution in [3.63, 3.8) is 0 Å². The maximum atomic E-state index is 4.25. The average Bonchev–Trinajstić information content (AvgIpc) is 2.72. The van der Waals surface area contributed by atoms with Crippen LogP contribution < -0.4 is 5.32 Å². The first-order valence-electron chi connectivity index (χ1n) is 5.99. The summed E-state index contributed by atoms with van der Waals surface area (Å²) in [5.74, 6) is 1.03. The Bertz CT molecular complexity index is 287. The predicted octanol–water partition coefficient (Wildman–Crippen LogP) is 2.34. The molecule has 1 atom stereocenters. The van der Waals surface area contributed by atoms with E-state index in [2.05, 4.69) is 45.2 Å². The van der Waals surface area contributed by atoms with Crippen LogP contribution in [0.4, 0.5) is 0 Å². The van der Waals surface area contributed by atoms with E-state index in [4.69, 9.17) is 0 Å². The molecule has 1 heterocycles. The van der Waals surface area contributed by atoms with Gasteiger partial charge in [0, 0.05) is 11.4 Å². The van der Waals surface area contributed by atoms with Crippen LogP contribution in [-0.4, -0.2) is 26.1 Å². The molecule has 16 heavy (non-hydrogen) atoms. The second kappa shape index (κ2) is 7.79. The molecule has 5 heteroatoms. The minimum Gasteiger partial charge on any atom is -0.310 e. The highest BCUT2D eigenvalue weighted by Gasteiger charge is 2.03. The van der Waals surface area contributed by atoms with Crippen molar-refractivity contribution in [3.8, 4) is 0 Å². The van der Waals surface area contributed by atoms with E-state index in [0.29, 0.717) is 4.83 Å². The van der Waals surface area contributed by atoms with Gasteiger partial charge in [-0.3, -0.25) is 0 Å². The summed E-state index contributed by atoms with van der Waals surface area (Å²) < 4.78 is 1.97. The Labute approximate surface area is 106 Å². The van der Waals surface area contributed by atoms with Crippen LogP contribution in [-0.2, 0) is 13.1 Å². The maximum Gasteiger partial charge on any atom is 0.140 e. The van der Waals surface area contributed by atoms with Crippen molar-refractivity contribution >= 4 is 15.9 Å². The smallest absolute Gasteiger partial charge is 0.140 e.